The van der Waals surface area contributed by atoms with Crippen molar-refractivity contribution in [1.82, 2.24) is 0 Å². The van der Waals surface area contributed by atoms with Crippen molar-refractivity contribution in [3.63, 3.8) is 0 Å². The minimum atomic E-state index is -0.821. The molecule has 6 heteroatoms. The van der Waals surface area contributed by atoms with Gasteiger partial charge in [0.25, 0.3) is 0 Å². The Morgan fingerprint density at radius 3 is 0.844 bits per heavy atom. The number of allylic oxidation sites excluding steroid dienone is 14. The van der Waals surface area contributed by atoms with Crippen LogP contribution >= 0.6 is 0 Å². The minimum Gasteiger partial charge on any atom is -0.462 e. The first-order valence-corrected chi connectivity index (χ1v) is 33.1. The van der Waals surface area contributed by atoms with Gasteiger partial charge < -0.3 is 14.2 Å². The van der Waals surface area contributed by atoms with E-state index in [0.29, 0.717) is 19.3 Å². The quantitative estimate of drug-likeness (QED) is 0.0261. The van der Waals surface area contributed by atoms with Crippen LogP contribution in [0.25, 0.3) is 0 Å². The monoisotopic (exact) mass is 1070 g/mol. The van der Waals surface area contributed by atoms with Gasteiger partial charge in [0.05, 0.1) is 0 Å². The maximum absolute atomic E-state index is 12.9. The van der Waals surface area contributed by atoms with Gasteiger partial charge in [0.2, 0.25) is 0 Å². The Bertz CT molecular complexity index is 1470. The van der Waals surface area contributed by atoms with Gasteiger partial charge in [0, 0.05) is 19.3 Å². The standard InChI is InChI=1S/C71H124O6/c1-4-7-10-13-16-19-22-25-28-31-33-34-35-36-37-39-40-43-46-49-52-55-58-61-64-70(73)76-67-68(66-75-69(72)63-60-57-54-51-48-45-42-30-27-24-21-18-15-12-9-6-3)77-71(74)65-62-59-56-53-50-47-44-41-38-32-29-26-23-20-17-14-11-8-5-2/h8,11,17,20,26,29-30,38,41-42,47,50,56,59,68H,4-7,9-10,12-16,18-19,21-25,27-28,31-37,39-40,43-46,48-49,51-55,57-58,60-67H2,1-3H3/b11-8-,20-17-,29-26-,41-38-,42-30-,50-47-,59-56-. The lowest BCUT2D eigenvalue weighted by atomic mass is 10.0. The molecule has 0 aliphatic heterocycles. The summed E-state index contributed by atoms with van der Waals surface area (Å²) in [7, 11) is 0. The van der Waals surface area contributed by atoms with E-state index in [2.05, 4.69) is 99.8 Å². The second-order valence-corrected chi connectivity index (χ2v) is 22.0. The van der Waals surface area contributed by atoms with Crippen LogP contribution in [0.3, 0.4) is 0 Å². The molecule has 0 aromatic carbocycles. The van der Waals surface area contributed by atoms with E-state index < -0.39 is 6.10 Å². The molecule has 0 heterocycles. The number of hydrogen-bond acceptors (Lipinski definition) is 6. The highest BCUT2D eigenvalue weighted by molar-refractivity contribution is 5.71. The Morgan fingerprint density at radius 2 is 0.532 bits per heavy atom. The molecular formula is C71H124O6. The van der Waals surface area contributed by atoms with Crippen molar-refractivity contribution in [3.8, 4) is 0 Å². The second-order valence-electron chi connectivity index (χ2n) is 22.0. The normalized spacial score (nSPS) is 12.6. The predicted octanol–water partition coefficient (Wildman–Crippen LogP) is 22.7. The molecule has 0 saturated heterocycles. The molecule has 1 unspecified atom stereocenters. The van der Waals surface area contributed by atoms with E-state index in [1.54, 1.807) is 0 Å². The van der Waals surface area contributed by atoms with Gasteiger partial charge in [0.1, 0.15) is 13.2 Å². The van der Waals surface area contributed by atoms with E-state index >= 15 is 0 Å². The number of unbranched alkanes of at least 4 members (excludes halogenated alkanes) is 35. The van der Waals surface area contributed by atoms with Gasteiger partial charge in [-0.2, -0.15) is 0 Å². The van der Waals surface area contributed by atoms with Crippen LogP contribution in [0.2, 0.25) is 0 Å². The lowest BCUT2D eigenvalue weighted by molar-refractivity contribution is -0.166. The van der Waals surface area contributed by atoms with Gasteiger partial charge in [-0.3, -0.25) is 14.4 Å². The third-order valence-corrected chi connectivity index (χ3v) is 14.4. The van der Waals surface area contributed by atoms with E-state index in [1.165, 1.54) is 199 Å². The summed E-state index contributed by atoms with van der Waals surface area (Å²) in [6.45, 7) is 6.50. The summed E-state index contributed by atoms with van der Waals surface area (Å²) in [5, 5.41) is 0. The lowest BCUT2D eigenvalue weighted by Gasteiger charge is -2.18. The van der Waals surface area contributed by atoms with E-state index in [9.17, 15) is 14.4 Å². The van der Waals surface area contributed by atoms with Crippen LogP contribution < -0.4 is 0 Å². The first-order valence-electron chi connectivity index (χ1n) is 33.1. The molecule has 0 aliphatic rings. The minimum absolute atomic E-state index is 0.106. The molecule has 0 aromatic heterocycles. The van der Waals surface area contributed by atoms with Crippen molar-refractivity contribution in [2.24, 2.45) is 0 Å². The van der Waals surface area contributed by atoms with Crippen molar-refractivity contribution in [2.45, 2.75) is 335 Å². The van der Waals surface area contributed by atoms with Crippen molar-refractivity contribution in [3.05, 3.63) is 85.1 Å². The molecule has 6 nitrogen and oxygen atoms in total. The second kappa shape index (κ2) is 65.1. The highest BCUT2D eigenvalue weighted by Gasteiger charge is 2.19. The summed E-state index contributed by atoms with van der Waals surface area (Å²) in [6.07, 6.45) is 86.1. The third kappa shape index (κ3) is 63.3. The number of hydrogen-bond donors (Lipinski definition) is 0. The molecule has 1 atom stereocenters. The number of carbonyl (C=O) groups excluding carboxylic acids is 3. The first-order chi connectivity index (χ1) is 38.0. The van der Waals surface area contributed by atoms with E-state index in [4.69, 9.17) is 14.2 Å². The van der Waals surface area contributed by atoms with E-state index in [1.807, 2.05) is 6.08 Å². The van der Waals surface area contributed by atoms with Crippen LogP contribution in [0.1, 0.15) is 329 Å². The molecule has 77 heavy (non-hydrogen) atoms. The Morgan fingerprint density at radius 1 is 0.273 bits per heavy atom. The van der Waals surface area contributed by atoms with E-state index in [0.717, 1.165) is 83.5 Å². The van der Waals surface area contributed by atoms with Crippen molar-refractivity contribution in [2.75, 3.05) is 13.2 Å². The van der Waals surface area contributed by atoms with Gasteiger partial charge in [-0.05, 0) is 83.5 Å². The molecule has 0 spiro atoms. The highest BCUT2D eigenvalue weighted by Crippen LogP contribution is 2.17. The summed E-state index contributed by atoms with van der Waals surface area (Å²) < 4.78 is 16.9. The first kappa shape index (κ1) is 73.6. The fraction of sp³-hybridized carbons (Fsp3) is 0.761. The summed E-state index contributed by atoms with van der Waals surface area (Å²) >= 11 is 0. The van der Waals surface area contributed by atoms with Crippen LogP contribution in [0.4, 0.5) is 0 Å². The third-order valence-electron chi connectivity index (χ3n) is 14.4. The summed E-state index contributed by atoms with van der Waals surface area (Å²) in [4.78, 5) is 38.3. The number of rotatable bonds is 60. The lowest BCUT2D eigenvalue weighted by Crippen LogP contribution is -2.30. The fourth-order valence-corrected chi connectivity index (χ4v) is 9.47. The molecule has 0 saturated carbocycles. The molecule has 0 bridgehead atoms. The molecule has 0 rings (SSSR count). The van der Waals surface area contributed by atoms with Crippen molar-refractivity contribution in [1.29, 1.82) is 0 Å². The smallest absolute Gasteiger partial charge is 0.306 e. The summed E-state index contributed by atoms with van der Waals surface area (Å²) in [6, 6.07) is 0. The average molecular weight is 1070 g/mol. The highest BCUT2D eigenvalue weighted by atomic mass is 16.6. The van der Waals surface area contributed by atoms with Gasteiger partial charge in [-0.15, -0.1) is 0 Å². The molecule has 0 aliphatic carbocycles. The molecular weight excluding hydrogens is 949 g/mol. The maximum atomic E-state index is 12.9. The van der Waals surface area contributed by atoms with E-state index in [-0.39, 0.29) is 37.5 Å². The Kier molecular flexibility index (Phi) is 62.2. The Labute approximate surface area is 477 Å². The zero-order chi connectivity index (χ0) is 55.7. The molecule has 0 aromatic rings. The number of ether oxygens (including phenoxy) is 3. The Balaban J connectivity index is 4.41. The maximum Gasteiger partial charge on any atom is 0.306 e. The van der Waals surface area contributed by atoms with Crippen molar-refractivity contribution < 1.29 is 28.6 Å². The van der Waals surface area contributed by atoms with Crippen LogP contribution in [-0.4, -0.2) is 37.2 Å². The zero-order valence-corrected chi connectivity index (χ0v) is 51.0. The fourth-order valence-electron chi connectivity index (χ4n) is 9.47. The molecule has 0 radical (unpaired) electrons. The van der Waals surface area contributed by atoms with Crippen LogP contribution in [0, 0.1) is 0 Å². The molecule has 0 amide bonds. The number of esters is 3. The summed E-state index contributed by atoms with van der Waals surface area (Å²) in [5.41, 5.74) is 0. The topological polar surface area (TPSA) is 78.9 Å². The Hall–Kier alpha value is -3.41. The van der Waals surface area contributed by atoms with Crippen molar-refractivity contribution >= 4 is 17.9 Å². The summed E-state index contributed by atoms with van der Waals surface area (Å²) in [5.74, 6) is -0.985. The largest absolute Gasteiger partial charge is 0.462 e. The van der Waals surface area contributed by atoms with Crippen LogP contribution in [-0.2, 0) is 28.6 Å². The van der Waals surface area contributed by atoms with Gasteiger partial charge >= 0.3 is 17.9 Å². The van der Waals surface area contributed by atoms with Gasteiger partial charge in [-0.1, -0.05) is 311 Å². The SMILES string of the molecule is CC/C=C\C/C=C\C/C=C\C/C=C\C/C=C\C/C=C\CCC(=O)OC(COC(=O)CCCCCCC/C=C\CCCCCCCCC)COC(=O)CCCCCCCCCCCCCCCCCCCCCCCCCC. The zero-order valence-electron chi connectivity index (χ0n) is 51.0. The van der Waals surface area contributed by atoms with Gasteiger partial charge in [0.15, 0.2) is 6.10 Å². The molecule has 0 N–H and O–H groups in total. The van der Waals surface area contributed by atoms with Crippen LogP contribution in [0.5, 0.6) is 0 Å². The van der Waals surface area contributed by atoms with Gasteiger partial charge in [-0.25, -0.2) is 0 Å². The average Bonchev–Trinajstić information content (AvgIpc) is 3.43. The molecule has 0 fully saturated rings. The van der Waals surface area contributed by atoms with Crippen LogP contribution in [0.15, 0.2) is 85.1 Å². The molecule has 444 valence electrons. The number of carbonyl (C=O) groups is 3. The predicted molar refractivity (Wildman–Crippen MR) is 334 cm³/mol.